The number of nitrogens with zero attached hydrogens (tertiary/aromatic N) is 1. The molecule has 7 nitrogen and oxygen atoms in total. The molecular weight excluding hydrogens is 519 g/mol. The molecule has 40 heavy (non-hydrogen) atoms. The fraction of sp³-hybridized carbons (Fsp3) is 0.267. The second kappa shape index (κ2) is 12.8. The average Bonchev–Trinajstić information content (AvgIpc) is 2.92. The number of hydrazine groups is 1. The van der Waals surface area contributed by atoms with E-state index in [2.05, 4.69) is 16.1 Å². The summed E-state index contributed by atoms with van der Waals surface area (Å²) in [6.45, 7) is 2.15. The van der Waals surface area contributed by atoms with E-state index in [4.69, 9.17) is 5.73 Å². The Kier molecular flexibility index (Phi) is 9.23. The van der Waals surface area contributed by atoms with E-state index in [9.17, 15) is 22.8 Å². The third kappa shape index (κ3) is 7.71. The zero-order valence-corrected chi connectivity index (χ0v) is 22.1. The number of nitrogens with one attached hydrogen (secondary N) is 3. The molecule has 4 rings (SSSR count). The van der Waals surface area contributed by atoms with Crippen LogP contribution >= 0.6 is 0 Å². The van der Waals surface area contributed by atoms with E-state index in [1.54, 1.807) is 54.6 Å². The van der Waals surface area contributed by atoms with Gasteiger partial charge in [-0.2, -0.15) is 0 Å². The molecule has 3 aromatic rings. The second-order valence-electron chi connectivity index (χ2n) is 9.76. The third-order valence-electron chi connectivity index (χ3n) is 6.56. The molecule has 2 amide bonds. The van der Waals surface area contributed by atoms with Gasteiger partial charge in [0.05, 0.1) is 16.9 Å². The minimum absolute atomic E-state index is 0.0746. The Morgan fingerprint density at radius 2 is 1.68 bits per heavy atom. The standard InChI is InChI=1S/C30H32F3N5O2/c1-30(32,33)23-15-14-22(19-24(23)31)35-29(40)28(37-38-17-5-2-6-18-38)21-12-9-20(10-13-21)11-16-27(39)36-26-8-4-3-7-25(26)34/h3-4,7-16,19,28,37H,2,5-6,17-18,34H2,1H3,(H,35,40)(H,36,39)/b16-11+. The summed E-state index contributed by atoms with van der Waals surface area (Å²) in [6, 6.07) is 16.3. The van der Waals surface area contributed by atoms with Gasteiger partial charge in [0.25, 0.3) is 5.92 Å². The molecular formula is C30H32F3N5O2. The first-order valence-electron chi connectivity index (χ1n) is 13.0. The van der Waals surface area contributed by atoms with Gasteiger partial charge in [-0.05, 0) is 60.4 Å². The molecule has 1 aliphatic rings. The molecule has 1 fully saturated rings. The monoisotopic (exact) mass is 551 g/mol. The number of halogens is 3. The van der Waals surface area contributed by atoms with Gasteiger partial charge in [-0.3, -0.25) is 9.59 Å². The molecule has 1 heterocycles. The summed E-state index contributed by atoms with van der Waals surface area (Å²) in [5.41, 5.74) is 10.8. The van der Waals surface area contributed by atoms with Crippen molar-refractivity contribution < 1.29 is 22.8 Å². The molecule has 1 aliphatic heterocycles. The van der Waals surface area contributed by atoms with Crippen molar-refractivity contribution in [1.29, 1.82) is 0 Å². The highest BCUT2D eigenvalue weighted by Crippen LogP contribution is 2.31. The van der Waals surface area contributed by atoms with E-state index >= 15 is 0 Å². The van der Waals surface area contributed by atoms with Crippen molar-refractivity contribution in [3.63, 3.8) is 0 Å². The Morgan fingerprint density at radius 1 is 0.975 bits per heavy atom. The van der Waals surface area contributed by atoms with Crippen LogP contribution in [0.3, 0.4) is 0 Å². The van der Waals surface area contributed by atoms with Gasteiger partial charge >= 0.3 is 0 Å². The molecule has 0 aliphatic carbocycles. The minimum Gasteiger partial charge on any atom is -0.397 e. The zero-order chi connectivity index (χ0) is 28.7. The minimum atomic E-state index is -3.34. The summed E-state index contributed by atoms with van der Waals surface area (Å²) in [7, 11) is 0. The van der Waals surface area contributed by atoms with Crippen molar-refractivity contribution in [3.05, 3.63) is 95.3 Å². The smallest absolute Gasteiger partial charge is 0.273 e. The Bertz CT molecular complexity index is 1370. The van der Waals surface area contributed by atoms with Crippen molar-refractivity contribution in [2.45, 2.75) is 38.2 Å². The van der Waals surface area contributed by atoms with Crippen LogP contribution in [-0.2, 0) is 15.5 Å². The van der Waals surface area contributed by atoms with Crippen LogP contribution in [-0.4, -0.2) is 29.9 Å². The quantitative estimate of drug-likeness (QED) is 0.198. The highest BCUT2D eigenvalue weighted by molar-refractivity contribution is 6.03. The summed E-state index contributed by atoms with van der Waals surface area (Å²) in [4.78, 5) is 25.6. The fourth-order valence-corrected chi connectivity index (χ4v) is 4.41. The SMILES string of the molecule is CC(F)(F)c1ccc(NC(=O)C(NN2CCCCC2)c2ccc(/C=C/C(=O)Nc3ccccc3N)cc2)cc1F. The van der Waals surface area contributed by atoms with Crippen molar-refractivity contribution in [2.24, 2.45) is 0 Å². The van der Waals surface area contributed by atoms with Crippen LogP contribution in [0.15, 0.2) is 72.8 Å². The summed E-state index contributed by atoms with van der Waals surface area (Å²) in [5, 5.41) is 7.34. The normalized spacial score (nSPS) is 15.1. The summed E-state index contributed by atoms with van der Waals surface area (Å²) >= 11 is 0. The Morgan fingerprint density at radius 3 is 2.33 bits per heavy atom. The number of piperidine rings is 1. The predicted octanol–water partition coefficient (Wildman–Crippen LogP) is 5.84. The predicted molar refractivity (Wildman–Crippen MR) is 151 cm³/mol. The molecule has 1 unspecified atom stereocenters. The largest absolute Gasteiger partial charge is 0.397 e. The number of carbonyl (C=O) groups excluding carboxylic acids is 2. The first-order chi connectivity index (χ1) is 19.1. The van der Waals surface area contributed by atoms with Crippen LogP contribution in [0.5, 0.6) is 0 Å². The number of benzene rings is 3. The van der Waals surface area contributed by atoms with Gasteiger partial charge in [0.1, 0.15) is 11.9 Å². The molecule has 0 saturated carbocycles. The van der Waals surface area contributed by atoms with E-state index in [-0.39, 0.29) is 11.6 Å². The van der Waals surface area contributed by atoms with Crippen LogP contribution < -0.4 is 21.8 Å². The highest BCUT2D eigenvalue weighted by atomic mass is 19.3. The number of alkyl halides is 2. The molecule has 3 aromatic carbocycles. The number of para-hydroxylation sites is 2. The maximum absolute atomic E-state index is 14.3. The number of nitrogen functional groups attached to an aromatic ring is 1. The first-order valence-corrected chi connectivity index (χ1v) is 13.0. The maximum atomic E-state index is 14.3. The molecule has 1 saturated heterocycles. The molecule has 5 N–H and O–H groups in total. The summed E-state index contributed by atoms with van der Waals surface area (Å²) in [5.74, 6) is -5.24. The molecule has 0 spiro atoms. The lowest BCUT2D eigenvalue weighted by atomic mass is 10.0. The van der Waals surface area contributed by atoms with Crippen LogP contribution in [0.25, 0.3) is 6.08 Å². The van der Waals surface area contributed by atoms with Gasteiger partial charge in [-0.25, -0.2) is 23.6 Å². The molecule has 0 bridgehead atoms. The van der Waals surface area contributed by atoms with Crippen LogP contribution in [0, 0.1) is 5.82 Å². The Hall–Kier alpha value is -4.15. The van der Waals surface area contributed by atoms with Gasteiger partial charge < -0.3 is 16.4 Å². The number of hydrogen-bond donors (Lipinski definition) is 4. The average molecular weight is 552 g/mol. The van der Waals surface area contributed by atoms with Crippen molar-refractivity contribution in [1.82, 2.24) is 10.4 Å². The third-order valence-corrected chi connectivity index (χ3v) is 6.56. The van der Waals surface area contributed by atoms with Crippen LogP contribution in [0.2, 0.25) is 0 Å². The van der Waals surface area contributed by atoms with Gasteiger partial charge in [-0.15, -0.1) is 0 Å². The fourth-order valence-electron chi connectivity index (χ4n) is 4.41. The second-order valence-corrected chi connectivity index (χ2v) is 9.76. The lowest BCUT2D eigenvalue weighted by Gasteiger charge is -2.31. The number of anilines is 3. The van der Waals surface area contributed by atoms with Gasteiger partial charge in [0, 0.05) is 31.8 Å². The number of hydrogen-bond acceptors (Lipinski definition) is 5. The lowest BCUT2D eigenvalue weighted by molar-refractivity contribution is -0.120. The number of carbonyl (C=O) groups is 2. The van der Waals surface area contributed by atoms with Crippen LogP contribution in [0.1, 0.15) is 48.9 Å². The summed E-state index contributed by atoms with van der Waals surface area (Å²) in [6.07, 6.45) is 6.10. The molecule has 0 radical (unpaired) electrons. The van der Waals surface area contributed by atoms with Crippen molar-refractivity contribution in [2.75, 3.05) is 29.5 Å². The molecule has 10 heteroatoms. The van der Waals surface area contributed by atoms with Gasteiger partial charge in [-0.1, -0.05) is 42.8 Å². The van der Waals surface area contributed by atoms with Crippen molar-refractivity contribution in [3.8, 4) is 0 Å². The summed E-state index contributed by atoms with van der Waals surface area (Å²) < 4.78 is 41.5. The van der Waals surface area contributed by atoms with E-state index < -0.39 is 29.3 Å². The number of rotatable bonds is 9. The lowest BCUT2D eigenvalue weighted by Crippen LogP contribution is -2.47. The highest BCUT2D eigenvalue weighted by Gasteiger charge is 2.29. The van der Waals surface area contributed by atoms with E-state index in [1.165, 1.54) is 12.1 Å². The zero-order valence-electron chi connectivity index (χ0n) is 22.1. The number of nitrogens with two attached hydrogens (primary N) is 1. The Balaban J connectivity index is 1.48. The van der Waals surface area contributed by atoms with E-state index in [1.807, 2.05) is 5.01 Å². The van der Waals surface area contributed by atoms with E-state index in [0.29, 0.717) is 23.9 Å². The van der Waals surface area contributed by atoms with Gasteiger partial charge in [0.15, 0.2) is 0 Å². The first kappa shape index (κ1) is 28.8. The topological polar surface area (TPSA) is 99.5 Å². The van der Waals surface area contributed by atoms with Crippen molar-refractivity contribution >= 4 is 35.0 Å². The van der Waals surface area contributed by atoms with Crippen LogP contribution in [0.4, 0.5) is 30.2 Å². The molecule has 0 aromatic heterocycles. The maximum Gasteiger partial charge on any atom is 0.273 e. The molecule has 210 valence electrons. The Labute approximate surface area is 231 Å². The van der Waals surface area contributed by atoms with E-state index in [0.717, 1.165) is 50.0 Å². The number of amides is 2. The van der Waals surface area contributed by atoms with Gasteiger partial charge in [0.2, 0.25) is 11.8 Å². The molecule has 1 atom stereocenters.